The highest BCUT2D eigenvalue weighted by molar-refractivity contribution is 5.74. The van der Waals surface area contributed by atoms with Gasteiger partial charge in [-0.15, -0.1) is 0 Å². The van der Waals surface area contributed by atoms with E-state index in [0.29, 0.717) is 11.2 Å². The van der Waals surface area contributed by atoms with Crippen molar-refractivity contribution in [1.29, 1.82) is 5.26 Å². The highest BCUT2D eigenvalue weighted by atomic mass is 16.1. The van der Waals surface area contributed by atoms with E-state index in [2.05, 4.69) is 19.9 Å². The van der Waals surface area contributed by atoms with Gasteiger partial charge in [0, 0.05) is 0 Å². The van der Waals surface area contributed by atoms with Gasteiger partial charge in [-0.05, 0) is 0 Å². The lowest BCUT2D eigenvalue weighted by molar-refractivity contribution is 1.17. The molecule has 0 aliphatic heterocycles. The Hall–Kier alpha value is -2.16. The number of hydrogen-bond donors (Lipinski definition) is 2. The average Bonchev–Trinajstić information content (AvgIpc) is 2.44. The van der Waals surface area contributed by atoms with Gasteiger partial charge < -0.3 is 4.98 Å². The van der Waals surface area contributed by atoms with Crippen molar-refractivity contribution >= 4 is 11.2 Å². The summed E-state index contributed by atoms with van der Waals surface area (Å²) >= 11 is 0. The lowest BCUT2D eigenvalue weighted by Gasteiger charge is -1.87. The first kappa shape index (κ1) is 6.54. The molecule has 0 saturated carbocycles. The fourth-order valence-electron chi connectivity index (χ4n) is 0.936. The van der Waals surface area contributed by atoms with E-state index < -0.39 is 0 Å². The summed E-state index contributed by atoms with van der Waals surface area (Å²) in [6.45, 7) is 0. The topological polar surface area (TPSA) is 98.2 Å². The fraction of sp³-hybridized carbons (Fsp3) is 0. The average molecular weight is 161 g/mol. The standard InChI is InChI=1S/C6H3N5O/c7-1-3-4-5(9-2-8-3)11-6(12)10-4/h2H,(H2,8,9,10,11,12). The molecule has 6 heteroatoms. The van der Waals surface area contributed by atoms with E-state index >= 15 is 0 Å². The Morgan fingerprint density at radius 1 is 1.42 bits per heavy atom. The second-order valence-electron chi connectivity index (χ2n) is 2.14. The van der Waals surface area contributed by atoms with E-state index in [-0.39, 0.29) is 11.4 Å². The number of nitrogens with zero attached hydrogens (tertiary/aromatic N) is 3. The van der Waals surface area contributed by atoms with Crippen LogP contribution in [0.15, 0.2) is 11.1 Å². The molecule has 58 valence electrons. The molecule has 12 heavy (non-hydrogen) atoms. The molecule has 0 spiro atoms. The van der Waals surface area contributed by atoms with Crippen LogP contribution >= 0.6 is 0 Å². The van der Waals surface area contributed by atoms with Crippen molar-refractivity contribution in [3.63, 3.8) is 0 Å². The van der Waals surface area contributed by atoms with Crippen molar-refractivity contribution in [1.82, 2.24) is 19.9 Å². The Balaban J connectivity index is 2.99. The van der Waals surface area contributed by atoms with Gasteiger partial charge >= 0.3 is 5.69 Å². The number of nitriles is 1. The molecule has 0 aliphatic carbocycles. The SMILES string of the molecule is N#Cc1ncnc2[nH]c(=O)[nH]c12. The van der Waals surface area contributed by atoms with Crippen LogP contribution in [0.1, 0.15) is 5.69 Å². The molecule has 2 rings (SSSR count). The smallest absolute Gasteiger partial charge is 0.302 e. The summed E-state index contributed by atoms with van der Waals surface area (Å²) in [4.78, 5) is 23.0. The van der Waals surface area contributed by atoms with Crippen LogP contribution in [-0.4, -0.2) is 19.9 Å². The van der Waals surface area contributed by atoms with Crippen LogP contribution < -0.4 is 5.69 Å². The molecule has 0 unspecified atom stereocenters. The minimum absolute atomic E-state index is 0.165. The Morgan fingerprint density at radius 2 is 2.25 bits per heavy atom. The monoisotopic (exact) mass is 161 g/mol. The number of rotatable bonds is 0. The molecule has 0 aliphatic rings. The van der Waals surface area contributed by atoms with Crippen molar-refractivity contribution in [2.75, 3.05) is 0 Å². The molecule has 2 N–H and O–H groups in total. The Morgan fingerprint density at radius 3 is 3.00 bits per heavy atom. The molecular weight excluding hydrogens is 158 g/mol. The number of imidazole rings is 1. The number of nitrogens with one attached hydrogen (secondary N) is 2. The van der Waals surface area contributed by atoms with Gasteiger partial charge in [0.2, 0.25) is 0 Å². The highest BCUT2D eigenvalue weighted by Crippen LogP contribution is 2.04. The minimum Gasteiger partial charge on any atom is -0.302 e. The molecule has 0 amide bonds. The van der Waals surface area contributed by atoms with Crippen molar-refractivity contribution in [3.8, 4) is 6.07 Å². The zero-order chi connectivity index (χ0) is 8.55. The summed E-state index contributed by atoms with van der Waals surface area (Å²) in [7, 11) is 0. The van der Waals surface area contributed by atoms with Gasteiger partial charge in [0.15, 0.2) is 11.3 Å². The predicted molar refractivity (Wildman–Crippen MR) is 39.2 cm³/mol. The number of H-pyrrole nitrogens is 2. The molecule has 2 aromatic rings. The quantitative estimate of drug-likeness (QED) is 0.545. The first-order valence-corrected chi connectivity index (χ1v) is 3.14. The Labute approximate surface area is 65.9 Å². The van der Waals surface area contributed by atoms with Gasteiger partial charge in [0.05, 0.1) is 0 Å². The highest BCUT2D eigenvalue weighted by Gasteiger charge is 2.04. The summed E-state index contributed by atoms with van der Waals surface area (Å²) in [6, 6.07) is 1.84. The van der Waals surface area contributed by atoms with E-state index in [1.807, 2.05) is 6.07 Å². The maximum absolute atomic E-state index is 10.8. The zero-order valence-corrected chi connectivity index (χ0v) is 5.83. The first-order chi connectivity index (χ1) is 5.81. The van der Waals surface area contributed by atoms with Crippen LogP contribution in [0.3, 0.4) is 0 Å². The predicted octanol–water partition coefficient (Wildman–Crippen LogP) is -0.482. The van der Waals surface area contributed by atoms with Crippen LogP contribution in [-0.2, 0) is 0 Å². The van der Waals surface area contributed by atoms with Crippen LogP contribution in [0.5, 0.6) is 0 Å². The molecule has 0 fully saturated rings. The Bertz CT molecular complexity index is 516. The van der Waals surface area contributed by atoms with Crippen LogP contribution in [0.25, 0.3) is 11.2 Å². The molecule has 0 atom stereocenters. The maximum atomic E-state index is 10.8. The second-order valence-corrected chi connectivity index (χ2v) is 2.14. The van der Waals surface area contributed by atoms with E-state index in [4.69, 9.17) is 5.26 Å². The summed E-state index contributed by atoms with van der Waals surface area (Å²) in [5.41, 5.74) is 0.483. The van der Waals surface area contributed by atoms with E-state index in [0.717, 1.165) is 0 Å². The second kappa shape index (κ2) is 2.17. The van der Waals surface area contributed by atoms with Crippen LogP contribution in [0.2, 0.25) is 0 Å². The lowest BCUT2D eigenvalue weighted by atomic mass is 10.4. The largest absolute Gasteiger partial charge is 0.325 e. The van der Waals surface area contributed by atoms with E-state index in [9.17, 15) is 4.79 Å². The maximum Gasteiger partial charge on any atom is 0.325 e. The van der Waals surface area contributed by atoms with Gasteiger partial charge in [-0.1, -0.05) is 0 Å². The molecule has 2 aromatic heterocycles. The van der Waals surface area contributed by atoms with Gasteiger partial charge in [-0.2, -0.15) is 5.26 Å². The molecule has 2 heterocycles. The zero-order valence-electron chi connectivity index (χ0n) is 5.83. The third-order valence-electron chi connectivity index (χ3n) is 1.42. The molecule has 0 bridgehead atoms. The molecule has 0 radical (unpaired) electrons. The molecular formula is C6H3N5O. The summed E-state index contributed by atoms with van der Waals surface area (Å²) in [5, 5.41) is 8.57. The van der Waals surface area contributed by atoms with Gasteiger partial charge in [-0.25, -0.2) is 14.8 Å². The fourth-order valence-corrected chi connectivity index (χ4v) is 0.936. The minimum atomic E-state index is -0.387. The molecule has 6 nitrogen and oxygen atoms in total. The lowest BCUT2D eigenvalue weighted by Crippen LogP contribution is -1.99. The van der Waals surface area contributed by atoms with Crippen molar-refractivity contribution in [2.45, 2.75) is 0 Å². The van der Waals surface area contributed by atoms with Crippen molar-refractivity contribution < 1.29 is 0 Å². The summed E-state index contributed by atoms with van der Waals surface area (Å²) < 4.78 is 0. The van der Waals surface area contributed by atoms with Crippen LogP contribution in [0, 0.1) is 11.3 Å². The number of aromatic nitrogens is 4. The summed E-state index contributed by atoms with van der Waals surface area (Å²) in [6.07, 6.45) is 1.23. The summed E-state index contributed by atoms with van der Waals surface area (Å²) in [5.74, 6) is 0. The van der Waals surface area contributed by atoms with Crippen LogP contribution in [0.4, 0.5) is 0 Å². The van der Waals surface area contributed by atoms with Gasteiger partial charge in [0.1, 0.15) is 17.9 Å². The number of hydrogen-bond acceptors (Lipinski definition) is 4. The molecule has 0 saturated heterocycles. The third-order valence-corrected chi connectivity index (χ3v) is 1.42. The van der Waals surface area contributed by atoms with Gasteiger partial charge in [0.25, 0.3) is 0 Å². The van der Waals surface area contributed by atoms with Crippen molar-refractivity contribution in [3.05, 3.63) is 22.5 Å². The number of fused-ring (bicyclic) bond motifs is 1. The normalized spacial score (nSPS) is 9.92. The van der Waals surface area contributed by atoms with E-state index in [1.54, 1.807) is 0 Å². The third kappa shape index (κ3) is 0.769. The molecule has 0 aromatic carbocycles. The number of aromatic amines is 2. The van der Waals surface area contributed by atoms with Crippen molar-refractivity contribution in [2.24, 2.45) is 0 Å². The van der Waals surface area contributed by atoms with Gasteiger partial charge in [-0.3, -0.25) is 4.98 Å². The first-order valence-electron chi connectivity index (χ1n) is 3.14. The Kier molecular flexibility index (Phi) is 1.18. The van der Waals surface area contributed by atoms with E-state index in [1.165, 1.54) is 6.33 Å².